The number of azo groups is 1. The van der Waals surface area contributed by atoms with E-state index in [0.29, 0.717) is 29.2 Å². The van der Waals surface area contributed by atoms with E-state index in [9.17, 15) is 23.1 Å². The molecule has 4 rings (SSSR count). The molecule has 0 aliphatic carbocycles. The zero-order chi connectivity index (χ0) is 29.6. The molecule has 0 bridgehead atoms. The number of carboxylic acids is 1. The van der Waals surface area contributed by atoms with Crippen LogP contribution in [0, 0.1) is 0 Å². The van der Waals surface area contributed by atoms with Gasteiger partial charge in [-0.3, -0.25) is 4.79 Å². The van der Waals surface area contributed by atoms with E-state index in [1.54, 1.807) is 25.1 Å². The number of halogens is 3. The number of alkyl halides is 3. The molecule has 0 atom stereocenters. The van der Waals surface area contributed by atoms with E-state index in [2.05, 4.69) is 15.2 Å². The molecular formula is C27H28F3N5O5. The topological polar surface area (TPSA) is 131 Å². The van der Waals surface area contributed by atoms with Crippen LogP contribution >= 0.6 is 0 Å². The fourth-order valence-corrected chi connectivity index (χ4v) is 3.58. The monoisotopic (exact) mass is 559 g/mol. The molecule has 3 aromatic rings. The number of hydrogen-bond donors (Lipinski definition) is 3. The molecule has 0 radical (unpaired) electrons. The first-order chi connectivity index (χ1) is 18.8. The number of H-pyrrole nitrogens is 1. The lowest BCUT2D eigenvalue weighted by Gasteiger charge is -2.17. The number of aromatic amines is 1. The molecule has 1 aliphatic rings. The van der Waals surface area contributed by atoms with Gasteiger partial charge >= 0.3 is 12.1 Å². The quantitative estimate of drug-likeness (QED) is 0.382. The zero-order valence-electron chi connectivity index (χ0n) is 22.2. The molecule has 1 aliphatic heterocycles. The summed E-state index contributed by atoms with van der Waals surface area (Å²) in [5.74, 6) is -2.03. The Morgan fingerprint density at radius 3 is 2.40 bits per heavy atom. The molecule has 40 heavy (non-hydrogen) atoms. The fourth-order valence-electron chi connectivity index (χ4n) is 3.58. The van der Waals surface area contributed by atoms with Crippen LogP contribution in [0.3, 0.4) is 0 Å². The summed E-state index contributed by atoms with van der Waals surface area (Å²) in [6.07, 6.45) is 0.0297. The van der Waals surface area contributed by atoms with Gasteiger partial charge in [0.25, 0.3) is 0 Å². The lowest BCUT2D eigenvalue weighted by Crippen LogP contribution is -2.32. The van der Waals surface area contributed by atoms with Crippen molar-refractivity contribution >= 4 is 40.2 Å². The largest absolute Gasteiger partial charge is 0.497 e. The summed E-state index contributed by atoms with van der Waals surface area (Å²) in [4.78, 5) is 27.9. The highest BCUT2D eigenvalue weighted by atomic mass is 19.4. The molecule has 2 heterocycles. The highest BCUT2D eigenvalue weighted by Crippen LogP contribution is 2.30. The maximum absolute atomic E-state index is 12.3. The Kier molecular flexibility index (Phi) is 9.32. The number of aromatic hydroxyl groups is 1. The Balaban J connectivity index is 0.000000559. The van der Waals surface area contributed by atoms with Crippen molar-refractivity contribution in [2.45, 2.75) is 6.18 Å². The predicted octanol–water partition coefficient (Wildman–Crippen LogP) is 3.13. The van der Waals surface area contributed by atoms with Crippen molar-refractivity contribution in [1.82, 2.24) is 14.8 Å². The second-order valence-corrected chi connectivity index (χ2v) is 9.00. The lowest BCUT2D eigenvalue weighted by atomic mass is 10.1. The molecule has 0 spiro atoms. The van der Waals surface area contributed by atoms with Crippen molar-refractivity contribution in [3.63, 3.8) is 0 Å². The molecule has 1 aromatic heterocycles. The van der Waals surface area contributed by atoms with Crippen LogP contribution in [-0.4, -0.2) is 84.4 Å². The number of carbonyl (C=O) groups is 2. The Hall–Kier alpha value is -4.65. The number of carboxylic acid groups (broad SMARTS) is 1. The highest BCUT2D eigenvalue weighted by Gasteiger charge is 2.38. The van der Waals surface area contributed by atoms with Crippen molar-refractivity contribution < 1.29 is 37.7 Å². The minimum Gasteiger partial charge on any atom is -0.497 e. The van der Waals surface area contributed by atoms with Gasteiger partial charge in [-0.1, -0.05) is 6.07 Å². The van der Waals surface area contributed by atoms with Crippen LogP contribution in [0.2, 0.25) is 0 Å². The van der Waals surface area contributed by atoms with Gasteiger partial charge in [-0.25, -0.2) is 4.79 Å². The van der Waals surface area contributed by atoms with Gasteiger partial charge in [0.15, 0.2) is 5.88 Å². The van der Waals surface area contributed by atoms with Crippen molar-refractivity contribution in [1.29, 1.82) is 0 Å². The van der Waals surface area contributed by atoms with Crippen LogP contribution in [-0.2, 0) is 9.59 Å². The number of aliphatic carboxylic acids is 1. The first kappa shape index (κ1) is 29.9. The SMILES string of the molecule is COc1ccc2[nH]c(O)c(C=c3ccc4c(c3)N=NC=4C=CC(=O)N(C)CCN(C)C)c2c1.O=C(O)C(F)(F)F. The number of amides is 1. The van der Waals surface area contributed by atoms with Crippen LogP contribution in [0.4, 0.5) is 18.9 Å². The molecule has 1 amide bonds. The summed E-state index contributed by atoms with van der Waals surface area (Å²) in [5.41, 5.74) is 2.86. The Bertz CT molecular complexity index is 1590. The Morgan fingerprint density at radius 2 is 1.77 bits per heavy atom. The van der Waals surface area contributed by atoms with Crippen molar-refractivity contribution in [3.05, 3.63) is 64.6 Å². The predicted molar refractivity (Wildman–Crippen MR) is 143 cm³/mol. The van der Waals surface area contributed by atoms with Gasteiger partial charge in [0.05, 0.1) is 18.5 Å². The molecule has 212 valence electrons. The summed E-state index contributed by atoms with van der Waals surface area (Å²) >= 11 is 0. The molecule has 0 fully saturated rings. The lowest BCUT2D eigenvalue weighted by molar-refractivity contribution is -0.192. The molecule has 0 saturated carbocycles. The van der Waals surface area contributed by atoms with Gasteiger partial charge in [-0.05, 0) is 61.8 Å². The van der Waals surface area contributed by atoms with Crippen LogP contribution in [0.1, 0.15) is 5.56 Å². The third kappa shape index (κ3) is 7.47. The van der Waals surface area contributed by atoms with Crippen LogP contribution < -0.4 is 15.2 Å². The Morgan fingerprint density at radius 1 is 1.07 bits per heavy atom. The fraction of sp³-hybridized carbons (Fsp3) is 0.259. The van der Waals surface area contributed by atoms with Gasteiger partial charge in [-0.2, -0.15) is 13.2 Å². The van der Waals surface area contributed by atoms with E-state index in [-0.39, 0.29) is 11.8 Å². The molecule has 0 saturated heterocycles. The van der Waals surface area contributed by atoms with Gasteiger partial charge in [-0.15, -0.1) is 10.2 Å². The molecule has 0 unspecified atom stereocenters. The average Bonchev–Trinajstić information content (AvgIpc) is 3.44. The first-order valence-corrected chi connectivity index (χ1v) is 11.8. The normalized spacial score (nSPS) is 13.1. The number of aromatic nitrogens is 1. The number of fused-ring (bicyclic) bond motifs is 2. The first-order valence-electron chi connectivity index (χ1n) is 11.8. The number of rotatable bonds is 7. The second-order valence-electron chi connectivity index (χ2n) is 9.00. The third-order valence-corrected chi connectivity index (χ3v) is 5.78. The second kappa shape index (κ2) is 12.5. The van der Waals surface area contributed by atoms with E-state index in [1.807, 2.05) is 61.5 Å². The summed E-state index contributed by atoms with van der Waals surface area (Å²) in [6, 6.07) is 11.4. The smallest absolute Gasteiger partial charge is 0.490 e. The van der Waals surface area contributed by atoms with Gasteiger partial charge in [0.2, 0.25) is 5.91 Å². The van der Waals surface area contributed by atoms with Crippen molar-refractivity contribution in [3.8, 4) is 11.6 Å². The number of ether oxygens (including phenoxy) is 1. The average molecular weight is 560 g/mol. The molecule has 13 heteroatoms. The third-order valence-electron chi connectivity index (χ3n) is 5.78. The summed E-state index contributed by atoms with van der Waals surface area (Å²) in [5, 5.41) is 28.6. The van der Waals surface area contributed by atoms with E-state index in [4.69, 9.17) is 14.6 Å². The van der Waals surface area contributed by atoms with Crippen LogP contribution in [0.5, 0.6) is 11.6 Å². The highest BCUT2D eigenvalue weighted by molar-refractivity contribution is 5.93. The molecule has 2 aromatic carbocycles. The summed E-state index contributed by atoms with van der Waals surface area (Å²) < 4.78 is 37.0. The number of nitrogens with one attached hydrogen (secondary N) is 1. The van der Waals surface area contributed by atoms with Crippen LogP contribution in [0.25, 0.3) is 22.7 Å². The Labute approximate surface area is 227 Å². The van der Waals surface area contributed by atoms with E-state index in [1.165, 1.54) is 6.08 Å². The number of methoxy groups -OCH3 is 1. The van der Waals surface area contributed by atoms with Gasteiger partial charge < -0.3 is 29.7 Å². The number of nitrogens with zero attached hydrogens (tertiary/aromatic N) is 4. The van der Waals surface area contributed by atoms with E-state index >= 15 is 0 Å². The van der Waals surface area contributed by atoms with E-state index < -0.39 is 12.1 Å². The molecular weight excluding hydrogens is 531 g/mol. The van der Waals surface area contributed by atoms with Crippen molar-refractivity contribution in [2.24, 2.45) is 10.2 Å². The summed E-state index contributed by atoms with van der Waals surface area (Å²) in [6.45, 7) is 1.45. The van der Waals surface area contributed by atoms with Crippen LogP contribution in [0.15, 0.2) is 58.8 Å². The number of carbonyl (C=O) groups excluding carboxylic acids is 1. The van der Waals surface area contributed by atoms with Crippen molar-refractivity contribution in [2.75, 3.05) is 41.3 Å². The summed E-state index contributed by atoms with van der Waals surface area (Å²) in [7, 11) is 7.34. The van der Waals surface area contributed by atoms with Gasteiger partial charge in [0.1, 0.15) is 5.75 Å². The minimum absolute atomic E-state index is 0.0804. The van der Waals surface area contributed by atoms with Gasteiger partial charge in [0, 0.05) is 47.9 Å². The zero-order valence-corrected chi connectivity index (χ0v) is 22.2. The van der Waals surface area contributed by atoms with E-state index in [0.717, 1.165) is 27.9 Å². The minimum atomic E-state index is -5.08. The number of benzene rings is 2. The molecule has 3 N–H and O–H groups in total. The standard InChI is InChI=1S/C25H27N5O3.C2HF3O2/c1-29(2)11-12-30(3)24(31)10-9-22-18-7-5-16(14-23(18)28-27-22)13-20-19-15-17(33-4)6-8-21(19)26-25(20)32;3-2(4,5)1(6)7/h5-10,13-15,26,32H,11-12H2,1-4H3;(H,6,7). The maximum atomic E-state index is 12.3. The molecule has 10 nitrogen and oxygen atoms in total. The maximum Gasteiger partial charge on any atom is 0.490 e. The number of hydrogen-bond acceptors (Lipinski definition) is 7. The number of likely N-dealkylation sites (N-methyl/N-ethyl adjacent to an activating group) is 2.